The van der Waals surface area contributed by atoms with Crippen LogP contribution in [0.1, 0.15) is 16.8 Å². The molecule has 1 N–H and O–H groups in total. The predicted octanol–water partition coefficient (Wildman–Crippen LogP) is 2.36. The molecule has 0 unspecified atom stereocenters. The lowest BCUT2D eigenvalue weighted by Crippen LogP contribution is -2.37. The van der Waals surface area contributed by atoms with Gasteiger partial charge in [-0.25, -0.2) is 4.39 Å². The van der Waals surface area contributed by atoms with Crippen molar-refractivity contribution in [1.82, 2.24) is 5.32 Å². The SMILES string of the molecule is O=C(N[C@@H]1CC(=O)N(c2ccc(F)cc2)C1)c1ccccc1. The summed E-state index contributed by atoms with van der Waals surface area (Å²) in [5.41, 5.74) is 1.21. The summed E-state index contributed by atoms with van der Waals surface area (Å²) in [4.78, 5) is 25.7. The Hall–Kier alpha value is -2.69. The lowest BCUT2D eigenvalue weighted by molar-refractivity contribution is -0.117. The normalized spacial score (nSPS) is 17.6. The third-order valence-corrected chi connectivity index (χ3v) is 3.63. The summed E-state index contributed by atoms with van der Waals surface area (Å²) in [6, 6.07) is 14.4. The van der Waals surface area contributed by atoms with E-state index in [0.29, 0.717) is 17.8 Å². The molecule has 1 fully saturated rings. The maximum absolute atomic E-state index is 12.9. The van der Waals surface area contributed by atoms with E-state index in [9.17, 15) is 14.0 Å². The first-order valence-corrected chi connectivity index (χ1v) is 7.05. The van der Waals surface area contributed by atoms with Gasteiger partial charge in [-0.3, -0.25) is 9.59 Å². The van der Waals surface area contributed by atoms with Crippen molar-refractivity contribution >= 4 is 17.5 Å². The van der Waals surface area contributed by atoms with Gasteiger partial charge in [-0.2, -0.15) is 0 Å². The van der Waals surface area contributed by atoms with Gasteiger partial charge in [0.2, 0.25) is 5.91 Å². The topological polar surface area (TPSA) is 49.4 Å². The maximum atomic E-state index is 12.9. The van der Waals surface area contributed by atoms with Crippen LogP contribution in [0.2, 0.25) is 0 Å². The number of hydrogen-bond acceptors (Lipinski definition) is 2. The quantitative estimate of drug-likeness (QED) is 0.945. The van der Waals surface area contributed by atoms with Crippen LogP contribution >= 0.6 is 0 Å². The van der Waals surface area contributed by atoms with Crippen molar-refractivity contribution < 1.29 is 14.0 Å². The molecule has 1 aliphatic rings. The fourth-order valence-electron chi connectivity index (χ4n) is 2.53. The molecular formula is C17H15FN2O2. The van der Waals surface area contributed by atoms with Gasteiger partial charge in [-0.15, -0.1) is 0 Å². The maximum Gasteiger partial charge on any atom is 0.251 e. The van der Waals surface area contributed by atoms with Crippen molar-refractivity contribution in [2.75, 3.05) is 11.4 Å². The molecule has 0 aliphatic carbocycles. The average molecular weight is 298 g/mol. The van der Waals surface area contributed by atoms with Crippen molar-refractivity contribution in [1.29, 1.82) is 0 Å². The van der Waals surface area contributed by atoms with Gasteiger partial charge in [-0.05, 0) is 36.4 Å². The van der Waals surface area contributed by atoms with Gasteiger partial charge < -0.3 is 10.2 Å². The molecule has 0 bridgehead atoms. The smallest absolute Gasteiger partial charge is 0.251 e. The Bertz CT molecular complexity index is 686. The van der Waals surface area contributed by atoms with Crippen LogP contribution in [-0.2, 0) is 4.79 Å². The Morgan fingerprint density at radius 3 is 2.45 bits per heavy atom. The minimum absolute atomic E-state index is 0.0787. The minimum Gasteiger partial charge on any atom is -0.347 e. The number of halogens is 1. The summed E-state index contributed by atoms with van der Waals surface area (Å²) in [7, 11) is 0. The summed E-state index contributed by atoms with van der Waals surface area (Å²) in [6.45, 7) is 0.392. The first kappa shape index (κ1) is 14.3. The van der Waals surface area contributed by atoms with E-state index in [4.69, 9.17) is 0 Å². The monoisotopic (exact) mass is 298 g/mol. The fraction of sp³-hybridized carbons (Fsp3) is 0.176. The molecule has 0 spiro atoms. The van der Waals surface area contributed by atoms with Gasteiger partial charge in [0, 0.05) is 24.2 Å². The molecule has 1 saturated heterocycles. The Balaban J connectivity index is 1.67. The van der Waals surface area contributed by atoms with Gasteiger partial charge in [0.05, 0.1) is 6.04 Å². The first-order valence-electron chi connectivity index (χ1n) is 7.05. The van der Waals surface area contributed by atoms with Crippen molar-refractivity contribution in [2.45, 2.75) is 12.5 Å². The number of carbonyl (C=O) groups excluding carboxylic acids is 2. The molecular weight excluding hydrogens is 283 g/mol. The highest BCUT2D eigenvalue weighted by molar-refractivity contribution is 5.98. The van der Waals surface area contributed by atoms with Crippen LogP contribution < -0.4 is 10.2 Å². The number of anilines is 1. The van der Waals surface area contributed by atoms with Gasteiger partial charge in [0.25, 0.3) is 5.91 Å². The number of rotatable bonds is 3. The minimum atomic E-state index is -0.343. The second-order valence-electron chi connectivity index (χ2n) is 5.22. The zero-order chi connectivity index (χ0) is 15.5. The molecule has 1 heterocycles. The van der Waals surface area contributed by atoms with E-state index >= 15 is 0 Å². The van der Waals surface area contributed by atoms with E-state index < -0.39 is 0 Å². The van der Waals surface area contributed by atoms with Crippen LogP contribution in [0, 0.1) is 5.82 Å². The Labute approximate surface area is 127 Å². The second-order valence-corrected chi connectivity index (χ2v) is 5.22. The number of carbonyl (C=O) groups is 2. The standard InChI is InChI=1S/C17H15FN2O2/c18-13-6-8-15(9-7-13)20-11-14(10-16(20)21)19-17(22)12-4-2-1-3-5-12/h1-9,14H,10-11H2,(H,19,22)/t14-/m1/s1. The third-order valence-electron chi connectivity index (χ3n) is 3.63. The highest BCUT2D eigenvalue weighted by Crippen LogP contribution is 2.22. The van der Waals surface area contributed by atoms with Crippen LogP contribution in [0.25, 0.3) is 0 Å². The van der Waals surface area contributed by atoms with Crippen LogP contribution in [0.5, 0.6) is 0 Å². The van der Waals surface area contributed by atoms with Crippen LogP contribution in [0.3, 0.4) is 0 Å². The van der Waals surface area contributed by atoms with Crippen molar-refractivity contribution in [3.63, 3.8) is 0 Å². The number of benzene rings is 2. The van der Waals surface area contributed by atoms with E-state index in [0.717, 1.165) is 0 Å². The lowest BCUT2D eigenvalue weighted by Gasteiger charge is -2.17. The summed E-state index contributed by atoms with van der Waals surface area (Å²) < 4.78 is 12.9. The average Bonchev–Trinajstić information content (AvgIpc) is 2.89. The number of nitrogens with one attached hydrogen (secondary N) is 1. The van der Waals surface area contributed by atoms with E-state index in [-0.39, 0.29) is 30.1 Å². The van der Waals surface area contributed by atoms with Gasteiger partial charge in [0.1, 0.15) is 5.82 Å². The van der Waals surface area contributed by atoms with Gasteiger partial charge in [-0.1, -0.05) is 18.2 Å². The molecule has 5 heteroatoms. The van der Waals surface area contributed by atoms with E-state index in [1.165, 1.54) is 12.1 Å². The second kappa shape index (κ2) is 5.97. The Kier molecular flexibility index (Phi) is 3.87. The molecule has 0 aromatic heterocycles. The van der Waals surface area contributed by atoms with E-state index in [1.54, 1.807) is 41.3 Å². The zero-order valence-electron chi connectivity index (χ0n) is 11.8. The summed E-state index contributed by atoms with van der Waals surface area (Å²) in [5, 5.41) is 2.86. The molecule has 2 amide bonds. The Morgan fingerprint density at radius 2 is 1.77 bits per heavy atom. The summed E-state index contributed by atoms with van der Waals surface area (Å²) in [6.07, 6.45) is 0.246. The number of nitrogens with zero attached hydrogens (tertiary/aromatic N) is 1. The number of amides is 2. The van der Waals surface area contributed by atoms with Crippen LogP contribution in [0.4, 0.5) is 10.1 Å². The summed E-state index contributed by atoms with van der Waals surface area (Å²) >= 11 is 0. The van der Waals surface area contributed by atoms with E-state index in [2.05, 4.69) is 5.32 Å². The first-order chi connectivity index (χ1) is 10.6. The van der Waals surface area contributed by atoms with Gasteiger partial charge >= 0.3 is 0 Å². The largest absolute Gasteiger partial charge is 0.347 e. The molecule has 22 heavy (non-hydrogen) atoms. The van der Waals surface area contributed by atoms with Crippen molar-refractivity contribution in [2.24, 2.45) is 0 Å². The zero-order valence-corrected chi connectivity index (χ0v) is 11.8. The molecule has 1 atom stereocenters. The van der Waals surface area contributed by atoms with Gasteiger partial charge in [0.15, 0.2) is 0 Å². The number of hydrogen-bond donors (Lipinski definition) is 1. The van der Waals surface area contributed by atoms with Crippen LogP contribution in [-0.4, -0.2) is 24.4 Å². The highest BCUT2D eigenvalue weighted by Gasteiger charge is 2.31. The van der Waals surface area contributed by atoms with Crippen molar-refractivity contribution in [3.8, 4) is 0 Å². The Morgan fingerprint density at radius 1 is 1.09 bits per heavy atom. The van der Waals surface area contributed by atoms with Crippen molar-refractivity contribution in [3.05, 3.63) is 66.0 Å². The molecule has 4 nitrogen and oxygen atoms in total. The third kappa shape index (κ3) is 2.98. The summed E-state index contributed by atoms with van der Waals surface area (Å²) in [5.74, 6) is -0.617. The molecule has 2 aromatic rings. The molecule has 0 radical (unpaired) electrons. The molecule has 0 saturated carbocycles. The van der Waals surface area contributed by atoms with E-state index in [1.807, 2.05) is 6.07 Å². The molecule has 2 aromatic carbocycles. The predicted molar refractivity (Wildman–Crippen MR) is 81.1 cm³/mol. The molecule has 112 valence electrons. The highest BCUT2D eigenvalue weighted by atomic mass is 19.1. The molecule has 1 aliphatic heterocycles. The fourth-order valence-corrected chi connectivity index (χ4v) is 2.53. The molecule has 3 rings (SSSR count). The lowest BCUT2D eigenvalue weighted by atomic mass is 10.2. The van der Waals surface area contributed by atoms with Crippen LogP contribution in [0.15, 0.2) is 54.6 Å².